The van der Waals surface area contributed by atoms with Gasteiger partial charge in [0, 0.05) is 19.3 Å². The summed E-state index contributed by atoms with van der Waals surface area (Å²) in [6.45, 7) is 5.44. The fourth-order valence-electron chi connectivity index (χ4n) is 2.34. The Kier molecular flexibility index (Phi) is 5.64. The fourth-order valence-corrected chi connectivity index (χ4v) is 2.34. The fraction of sp³-hybridized carbons (Fsp3) is 0.600. The molecule has 1 aromatic heterocycles. The summed E-state index contributed by atoms with van der Waals surface area (Å²) in [5.74, 6) is -0.0570. The SMILES string of the molecule is CC(C)C(NC1CCOCC1)C(=O)Nc1ccc(F)cn1. The van der Waals surface area contributed by atoms with E-state index in [1.54, 1.807) is 0 Å². The van der Waals surface area contributed by atoms with E-state index in [2.05, 4.69) is 15.6 Å². The molecule has 1 aliphatic rings. The van der Waals surface area contributed by atoms with Crippen molar-refractivity contribution in [2.24, 2.45) is 5.92 Å². The van der Waals surface area contributed by atoms with E-state index in [-0.39, 0.29) is 23.9 Å². The summed E-state index contributed by atoms with van der Waals surface area (Å²) >= 11 is 0. The molecule has 1 fully saturated rings. The van der Waals surface area contributed by atoms with Crippen molar-refractivity contribution in [3.8, 4) is 0 Å². The maximum atomic E-state index is 12.8. The van der Waals surface area contributed by atoms with Gasteiger partial charge in [-0.05, 0) is 30.9 Å². The van der Waals surface area contributed by atoms with Crippen LogP contribution in [0.15, 0.2) is 18.3 Å². The molecule has 2 heterocycles. The van der Waals surface area contributed by atoms with Crippen LogP contribution in [0.5, 0.6) is 0 Å². The van der Waals surface area contributed by atoms with Crippen molar-refractivity contribution in [3.63, 3.8) is 0 Å². The number of halogens is 1. The molecule has 116 valence electrons. The maximum Gasteiger partial charge on any atom is 0.242 e. The number of carbonyl (C=O) groups excluding carboxylic acids is 1. The van der Waals surface area contributed by atoms with Crippen LogP contribution >= 0.6 is 0 Å². The molecule has 0 aromatic carbocycles. The first-order chi connectivity index (χ1) is 10.1. The van der Waals surface area contributed by atoms with Crippen LogP contribution in [0.4, 0.5) is 10.2 Å². The predicted octanol–water partition coefficient (Wildman–Crippen LogP) is 1.95. The summed E-state index contributed by atoms with van der Waals surface area (Å²) in [4.78, 5) is 16.2. The van der Waals surface area contributed by atoms with Gasteiger partial charge in [0.25, 0.3) is 0 Å². The molecule has 0 saturated carbocycles. The number of hydrogen-bond donors (Lipinski definition) is 2. The quantitative estimate of drug-likeness (QED) is 0.871. The Morgan fingerprint density at radius 1 is 1.38 bits per heavy atom. The average molecular weight is 295 g/mol. The zero-order chi connectivity index (χ0) is 15.2. The second-order valence-electron chi connectivity index (χ2n) is 5.63. The van der Waals surface area contributed by atoms with Gasteiger partial charge in [0.1, 0.15) is 11.6 Å². The second kappa shape index (κ2) is 7.47. The van der Waals surface area contributed by atoms with Crippen molar-refractivity contribution in [2.75, 3.05) is 18.5 Å². The van der Waals surface area contributed by atoms with Crippen LogP contribution in [-0.4, -0.2) is 36.2 Å². The van der Waals surface area contributed by atoms with Gasteiger partial charge in [-0.3, -0.25) is 4.79 Å². The summed E-state index contributed by atoms with van der Waals surface area (Å²) in [5.41, 5.74) is 0. The summed E-state index contributed by atoms with van der Waals surface area (Å²) in [6, 6.07) is 2.72. The van der Waals surface area contributed by atoms with Crippen LogP contribution < -0.4 is 10.6 Å². The Labute approximate surface area is 124 Å². The molecule has 2 N–H and O–H groups in total. The van der Waals surface area contributed by atoms with Crippen LogP contribution in [0.25, 0.3) is 0 Å². The van der Waals surface area contributed by atoms with Crippen molar-refractivity contribution < 1.29 is 13.9 Å². The molecular weight excluding hydrogens is 273 g/mol. The predicted molar refractivity (Wildman–Crippen MR) is 78.4 cm³/mol. The van der Waals surface area contributed by atoms with Crippen LogP contribution in [0.1, 0.15) is 26.7 Å². The third-order valence-corrected chi connectivity index (χ3v) is 3.56. The minimum absolute atomic E-state index is 0.143. The molecule has 0 aliphatic carbocycles. The molecule has 0 radical (unpaired) electrons. The normalized spacial score (nSPS) is 17.7. The Hall–Kier alpha value is -1.53. The molecule has 6 heteroatoms. The van der Waals surface area contributed by atoms with E-state index < -0.39 is 5.82 Å². The van der Waals surface area contributed by atoms with Crippen molar-refractivity contribution in [1.82, 2.24) is 10.3 Å². The van der Waals surface area contributed by atoms with Gasteiger partial charge in [-0.25, -0.2) is 9.37 Å². The highest BCUT2D eigenvalue weighted by atomic mass is 19.1. The van der Waals surface area contributed by atoms with Gasteiger partial charge in [0.05, 0.1) is 12.2 Å². The number of anilines is 1. The third-order valence-electron chi connectivity index (χ3n) is 3.56. The van der Waals surface area contributed by atoms with Gasteiger partial charge >= 0.3 is 0 Å². The topological polar surface area (TPSA) is 63.2 Å². The second-order valence-corrected chi connectivity index (χ2v) is 5.63. The molecule has 2 rings (SSSR count). The van der Waals surface area contributed by atoms with E-state index in [1.165, 1.54) is 12.1 Å². The molecule has 5 nitrogen and oxygen atoms in total. The number of hydrogen-bond acceptors (Lipinski definition) is 4. The van der Waals surface area contributed by atoms with E-state index in [1.807, 2.05) is 13.8 Å². The van der Waals surface area contributed by atoms with Gasteiger partial charge < -0.3 is 15.4 Å². The van der Waals surface area contributed by atoms with Gasteiger partial charge in [-0.2, -0.15) is 0 Å². The number of rotatable bonds is 5. The smallest absolute Gasteiger partial charge is 0.242 e. The zero-order valence-corrected chi connectivity index (χ0v) is 12.4. The minimum Gasteiger partial charge on any atom is -0.381 e. The highest BCUT2D eigenvalue weighted by molar-refractivity contribution is 5.94. The van der Waals surface area contributed by atoms with E-state index in [0.29, 0.717) is 5.82 Å². The van der Waals surface area contributed by atoms with Crippen molar-refractivity contribution in [3.05, 3.63) is 24.1 Å². The number of nitrogens with zero attached hydrogens (tertiary/aromatic N) is 1. The van der Waals surface area contributed by atoms with Crippen LogP contribution in [0, 0.1) is 11.7 Å². The largest absolute Gasteiger partial charge is 0.381 e. The zero-order valence-electron chi connectivity index (χ0n) is 12.4. The lowest BCUT2D eigenvalue weighted by Crippen LogP contribution is -2.50. The van der Waals surface area contributed by atoms with E-state index >= 15 is 0 Å². The third kappa shape index (κ3) is 4.75. The average Bonchev–Trinajstić information content (AvgIpc) is 2.48. The molecule has 1 aromatic rings. The van der Waals surface area contributed by atoms with Crippen molar-refractivity contribution >= 4 is 11.7 Å². The first-order valence-corrected chi connectivity index (χ1v) is 7.32. The van der Waals surface area contributed by atoms with Crippen LogP contribution in [0.2, 0.25) is 0 Å². The molecule has 0 spiro atoms. The van der Waals surface area contributed by atoms with Gasteiger partial charge in [-0.15, -0.1) is 0 Å². The highest BCUT2D eigenvalue weighted by Gasteiger charge is 2.26. The first kappa shape index (κ1) is 15.9. The number of aromatic nitrogens is 1. The molecule has 1 aliphatic heterocycles. The molecule has 1 amide bonds. The van der Waals surface area contributed by atoms with Crippen molar-refractivity contribution in [2.45, 2.75) is 38.8 Å². The Bertz CT molecular complexity index is 458. The molecule has 21 heavy (non-hydrogen) atoms. The lowest BCUT2D eigenvalue weighted by atomic mass is 10.00. The molecule has 0 bridgehead atoms. The lowest BCUT2D eigenvalue weighted by Gasteiger charge is -2.29. The van der Waals surface area contributed by atoms with E-state index in [0.717, 1.165) is 32.3 Å². The Morgan fingerprint density at radius 3 is 2.67 bits per heavy atom. The molecule has 1 atom stereocenters. The van der Waals surface area contributed by atoms with Gasteiger partial charge in [0.15, 0.2) is 0 Å². The molecule has 1 unspecified atom stereocenters. The standard InChI is InChI=1S/C15H22FN3O2/c1-10(2)14(18-12-5-7-21-8-6-12)15(20)19-13-4-3-11(16)9-17-13/h3-4,9-10,12,14,18H,5-8H2,1-2H3,(H,17,19,20). The number of pyridine rings is 1. The highest BCUT2D eigenvalue weighted by Crippen LogP contribution is 2.13. The Morgan fingerprint density at radius 2 is 2.10 bits per heavy atom. The van der Waals surface area contributed by atoms with Gasteiger partial charge in [0.2, 0.25) is 5.91 Å². The first-order valence-electron chi connectivity index (χ1n) is 7.32. The number of amides is 1. The number of ether oxygens (including phenoxy) is 1. The number of carbonyl (C=O) groups is 1. The summed E-state index contributed by atoms with van der Waals surface area (Å²) in [5, 5.41) is 6.12. The maximum absolute atomic E-state index is 12.8. The molecular formula is C15H22FN3O2. The summed E-state index contributed by atoms with van der Waals surface area (Å²) < 4.78 is 18.1. The monoisotopic (exact) mass is 295 g/mol. The van der Waals surface area contributed by atoms with Crippen LogP contribution in [-0.2, 0) is 9.53 Å². The van der Waals surface area contributed by atoms with Crippen LogP contribution in [0.3, 0.4) is 0 Å². The minimum atomic E-state index is -0.422. The van der Waals surface area contributed by atoms with Gasteiger partial charge in [-0.1, -0.05) is 13.8 Å². The lowest BCUT2D eigenvalue weighted by molar-refractivity contribution is -0.119. The molecule has 1 saturated heterocycles. The summed E-state index contributed by atoms with van der Waals surface area (Å²) in [7, 11) is 0. The van der Waals surface area contributed by atoms with E-state index in [9.17, 15) is 9.18 Å². The summed E-state index contributed by atoms with van der Waals surface area (Å²) in [6.07, 6.45) is 2.91. The van der Waals surface area contributed by atoms with E-state index in [4.69, 9.17) is 4.74 Å². The Balaban J connectivity index is 1.96. The number of nitrogens with one attached hydrogen (secondary N) is 2. The van der Waals surface area contributed by atoms with Crippen molar-refractivity contribution in [1.29, 1.82) is 0 Å².